The van der Waals surface area contributed by atoms with Crippen LogP contribution in [-0.2, 0) is 11.3 Å². The van der Waals surface area contributed by atoms with Crippen molar-refractivity contribution in [2.24, 2.45) is 0 Å². The number of halogens is 2. The summed E-state index contributed by atoms with van der Waals surface area (Å²) in [4.78, 5) is 18.5. The van der Waals surface area contributed by atoms with Crippen LogP contribution in [0.1, 0.15) is 18.4 Å². The number of hydrogen-bond donors (Lipinski definition) is 0. The van der Waals surface area contributed by atoms with E-state index >= 15 is 0 Å². The van der Waals surface area contributed by atoms with Crippen molar-refractivity contribution in [2.75, 3.05) is 38.6 Å². The van der Waals surface area contributed by atoms with E-state index in [1.807, 2.05) is 24.1 Å². The van der Waals surface area contributed by atoms with Crippen molar-refractivity contribution in [3.05, 3.63) is 48.2 Å². The molecule has 1 amide bonds. The molecule has 1 atom stereocenters. The van der Waals surface area contributed by atoms with E-state index in [4.69, 9.17) is 0 Å². The van der Waals surface area contributed by atoms with Crippen LogP contribution in [-0.4, -0.2) is 72.3 Å². The molecule has 3 rings (SSSR count). The molecule has 0 aliphatic carbocycles. The first-order chi connectivity index (χ1) is 14.4. The predicted molar refractivity (Wildman–Crippen MR) is 109 cm³/mol. The van der Waals surface area contributed by atoms with Gasteiger partial charge in [-0.3, -0.25) is 9.69 Å². The summed E-state index contributed by atoms with van der Waals surface area (Å²) < 4.78 is 28.8. The van der Waals surface area contributed by atoms with Gasteiger partial charge in [0.15, 0.2) is 5.82 Å². The summed E-state index contributed by atoms with van der Waals surface area (Å²) in [6.45, 7) is -0.447. The largest absolute Gasteiger partial charge is 0.435 e. The molecule has 9 heteroatoms. The average molecular weight is 419 g/mol. The standard InChI is InChI=1S/C21H27F2N5O2/c1-26(14-17-5-4-12-28(17)19-6-3-11-24-25-19)15-20(29)27(2)13-16-7-9-18(10-8-16)30-21(22)23/h3,6-11,17,21H,4-5,12-15H2,1-2H3. The van der Waals surface area contributed by atoms with Crippen molar-refractivity contribution in [1.82, 2.24) is 20.0 Å². The molecule has 0 spiro atoms. The Morgan fingerprint density at radius 1 is 1.27 bits per heavy atom. The molecule has 0 N–H and O–H groups in total. The van der Waals surface area contributed by atoms with Crippen molar-refractivity contribution in [3.8, 4) is 5.75 Å². The van der Waals surface area contributed by atoms with E-state index in [0.717, 1.165) is 37.3 Å². The lowest BCUT2D eigenvalue weighted by molar-refractivity contribution is -0.131. The van der Waals surface area contributed by atoms with Crippen LogP contribution in [0.25, 0.3) is 0 Å². The number of hydrogen-bond acceptors (Lipinski definition) is 6. The van der Waals surface area contributed by atoms with Gasteiger partial charge in [0.25, 0.3) is 0 Å². The van der Waals surface area contributed by atoms with E-state index in [-0.39, 0.29) is 11.7 Å². The van der Waals surface area contributed by atoms with Crippen molar-refractivity contribution in [3.63, 3.8) is 0 Å². The Kier molecular flexibility index (Phi) is 7.51. The Balaban J connectivity index is 1.48. The number of rotatable bonds is 9. The zero-order valence-electron chi connectivity index (χ0n) is 17.2. The molecule has 2 heterocycles. The van der Waals surface area contributed by atoms with E-state index in [2.05, 4.69) is 19.8 Å². The molecular formula is C21H27F2N5O2. The van der Waals surface area contributed by atoms with E-state index in [1.54, 1.807) is 30.3 Å². The van der Waals surface area contributed by atoms with Gasteiger partial charge >= 0.3 is 6.61 Å². The quantitative estimate of drug-likeness (QED) is 0.623. The molecule has 7 nitrogen and oxygen atoms in total. The number of nitrogens with zero attached hydrogens (tertiary/aromatic N) is 5. The third kappa shape index (κ3) is 6.09. The molecule has 0 saturated carbocycles. The lowest BCUT2D eigenvalue weighted by atomic mass is 10.2. The summed E-state index contributed by atoms with van der Waals surface area (Å²) in [5.74, 6) is 0.970. The number of carbonyl (C=O) groups excluding carboxylic acids is 1. The molecule has 0 bridgehead atoms. The van der Waals surface area contributed by atoms with Crippen molar-refractivity contribution < 1.29 is 18.3 Å². The van der Waals surface area contributed by atoms with Crippen LogP contribution in [0.2, 0.25) is 0 Å². The maximum Gasteiger partial charge on any atom is 0.387 e. The van der Waals surface area contributed by atoms with Gasteiger partial charge in [-0.15, -0.1) is 5.10 Å². The molecule has 1 aliphatic heterocycles. The minimum absolute atomic E-state index is 0.00513. The average Bonchev–Trinajstić information content (AvgIpc) is 3.17. The molecule has 1 aliphatic rings. The minimum atomic E-state index is -2.85. The Bertz CT molecular complexity index is 807. The van der Waals surface area contributed by atoms with Gasteiger partial charge in [-0.25, -0.2) is 0 Å². The topological polar surface area (TPSA) is 61.8 Å². The predicted octanol–water partition coefficient (Wildman–Crippen LogP) is 2.64. The summed E-state index contributed by atoms with van der Waals surface area (Å²) in [5, 5.41) is 8.17. The second kappa shape index (κ2) is 10.3. The summed E-state index contributed by atoms with van der Waals surface area (Å²) in [5.41, 5.74) is 0.847. The number of anilines is 1. The van der Waals surface area contributed by atoms with E-state index in [0.29, 0.717) is 19.1 Å². The van der Waals surface area contributed by atoms with Crippen LogP contribution in [0.4, 0.5) is 14.6 Å². The molecule has 30 heavy (non-hydrogen) atoms. The van der Waals surface area contributed by atoms with Crippen LogP contribution < -0.4 is 9.64 Å². The molecule has 1 fully saturated rings. The second-order valence-electron chi connectivity index (χ2n) is 7.54. The van der Waals surface area contributed by atoms with Gasteiger partial charge in [0.05, 0.1) is 6.54 Å². The maximum atomic E-state index is 12.6. The van der Waals surface area contributed by atoms with Gasteiger partial charge in [0.2, 0.25) is 5.91 Å². The Morgan fingerprint density at radius 2 is 2.03 bits per heavy atom. The highest BCUT2D eigenvalue weighted by Crippen LogP contribution is 2.23. The van der Waals surface area contributed by atoms with Gasteiger partial charge in [-0.2, -0.15) is 13.9 Å². The SMILES string of the molecule is CN(CC(=O)N(C)Cc1ccc(OC(F)F)cc1)CC1CCCN1c1cccnn1. The fourth-order valence-electron chi connectivity index (χ4n) is 3.69. The van der Waals surface area contributed by atoms with Crippen LogP contribution in [0, 0.1) is 0 Å². The van der Waals surface area contributed by atoms with Gasteiger partial charge in [0, 0.05) is 38.9 Å². The highest BCUT2D eigenvalue weighted by Gasteiger charge is 2.27. The Morgan fingerprint density at radius 3 is 2.70 bits per heavy atom. The van der Waals surface area contributed by atoms with Crippen LogP contribution >= 0.6 is 0 Å². The lowest BCUT2D eigenvalue weighted by Crippen LogP contribution is -2.43. The molecule has 0 radical (unpaired) electrons. The van der Waals surface area contributed by atoms with Crippen molar-refractivity contribution in [1.29, 1.82) is 0 Å². The van der Waals surface area contributed by atoms with E-state index in [1.165, 1.54) is 12.1 Å². The zero-order valence-corrected chi connectivity index (χ0v) is 17.2. The Hall–Kier alpha value is -2.81. The third-order valence-electron chi connectivity index (χ3n) is 5.15. The molecule has 1 aromatic carbocycles. The summed E-state index contributed by atoms with van der Waals surface area (Å²) >= 11 is 0. The van der Waals surface area contributed by atoms with Gasteiger partial charge in [-0.05, 0) is 49.7 Å². The van der Waals surface area contributed by atoms with Crippen LogP contribution in [0.5, 0.6) is 5.75 Å². The number of likely N-dealkylation sites (N-methyl/N-ethyl adjacent to an activating group) is 2. The number of amides is 1. The first kappa shape index (κ1) is 21.9. The Labute approximate surface area is 175 Å². The number of aromatic nitrogens is 2. The van der Waals surface area contributed by atoms with Crippen molar-refractivity contribution >= 4 is 11.7 Å². The summed E-state index contributed by atoms with van der Waals surface area (Å²) in [6.07, 6.45) is 3.81. The van der Waals surface area contributed by atoms with Gasteiger partial charge < -0.3 is 14.5 Å². The lowest BCUT2D eigenvalue weighted by Gasteiger charge is -2.29. The molecule has 1 unspecified atom stereocenters. The molecular weight excluding hydrogens is 392 g/mol. The third-order valence-corrected chi connectivity index (χ3v) is 5.15. The smallest absolute Gasteiger partial charge is 0.387 e. The minimum Gasteiger partial charge on any atom is -0.435 e. The maximum absolute atomic E-state index is 12.6. The first-order valence-electron chi connectivity index (χ1n) is 9.93. The van der Waals surface area contributed by atoms with Gasteiger partial charge in [0.1, 0.15) is 5.75 Å². The number of benzene rings is 1. The van der Waals surface area contributed by atoms with E-state index in [9.17, 15) is 13.6 Å². The highest BCUT2D eigenvalue weighted by molar-refractivity contribution is 5.78. The zero-order chi connectivity index (χ0) is 21.5. The summed E-state index contributed by atoms with van der Waals surface area (Å²) in [6, 6.07) is 10.5. The van der Waals surface area contributed by atoms with Crippen LogP contribution in [0.3, 0.4) is 0 Å². The number of ether oxygens (including phenoxy) is 1. The fraction of sp³-hybridized carbons (Fsp3) is 0.476. The summed E-state index contributed by atoms with van der Waals surface area (Å²) in [7, 11) is 3.68. The fourth-order valence-corrected chi connectivity index (χ4v) is 3.69. The second-order valence-corrected chi connectivity index (χ2v) is 7.54. The number of carbonyl (C=O) groups is 1. The normalized spacial score (nSPS) is 16.3. The first-order valence-corrected chi connectivity index (χ1v) is 9.93. The highest BCUT2D eigenvalue weighted by atomic mass is 19.3. The van der Waals surface area contributed by atoms with Crippen molar-refractivity contribution in [2.45, 2.75) is 32.0 Å². The molecule has 2 aromatic rings. The molecule has 1 aromatic heterocycles. The molecule has 162 valence electrons. The monoisotopic (exact) mass is 419 g/mol. The van der Waals surface area contributed by atoms with Gasteiger partial charge in [-0.1, -0.05) is 12.1 Å². The van der Waals surface area contributed by atoms with Crippen LogP contribution in [0.15, 0.2) is 42.6 Å². The van der Waals surface area contributed by atoms with E-state index < -0.39 is 6.61 Å². The molecule has 1 saturated heterocycles. The number of alkyl halides is 2.